The van der Waals surface area contributed by atoms with Gasteiger partial charge >= 0.3 is 0 Å². The summed E-state index contributed by atoms with van der Waals surface area (Å²) in [5, 5.41) is 3.43. The third-order valence-corrected chi connectivity index (χ3v) is 4.19. The van der Waals surface area contributed by atoms with Crippen LogP contribution in [0, 0.1) is 6.92 Å². The highest BCUT2D eigenvalue weighted by molar-refractivity contribution is 5.59. The number of rotatable bonds is 6. The molecular formula is C16H28N4O. The van der Waals surface area contributed by atoms with Gasteiger partial charge in [0, 0.05) is 32.2 Å². The topological polar surface area (TPSA) is 50.3 Å². The second-order valence-electron chi connectivity index (χ2n) is 5.76. The number of nitrogens with one attached hydrogen (secondary N) is 1. The number of aromatic nitrogens is 2. The van der Waals surface area contributed by atoms with Crippen molar-refractivity contribution in [3.63, 3.8) is 0 Å². The molecule has 2 heterocycles. The van der Waals surface area contributed by atoms with Gasteiger partial charge in [-0.2, -0.15) is 0 Å². The van der Waals surface area contributed by atoms with Gasteiger partial charge in [0.05, 0.1) is 12.1 Å². The van der Waals surface area contributed by atoms with Crippen LogP contribution in [0.2, 0.25) is 0 Å². The zero-order chi connectivity index (χ0) is 15.4. The van der Waals surface area contributed by atoms with Gasteiger partial charge in [0.2, 0.25) is 0 Å². The minimum Gasteiger partial charge on any atom is -0.376 e. The Balaban J connectivity index is 2.32. The Morgan fingerprint density at radius 2 is 2.10 bits per heavy atom. The lowest BCUT2D eigenvalue weighted by molar-refractivity contribution is 0.118. The molecule has 1 aromatic rings. The summed E-state index contributed by atoms with van der Waals surface area (Å²) in [6.45, 7) is 10.3. The molecule has 5 heteroatoms. The van der Waals surface area contributed by atoms with Crippen LogP contribution in [0.4, 0.5) is 11.6 Å². The Morgan fingerprint density at radius 1 is 1.33 bits per heavy atom. The Bertz CT molecular complexity index is 478. The van der Waals surface area contributed by atoms with Gasteiger partial charge in [-0.1, -0.05) is 13.8 Å². The van der Waals surface area contributed by atoms with E-state index in [9.17, 15) is 0 Å². The van der Waals surface area contributed by atoms with Gasteiger partial charge in [0.1, 0.15) is 17.5 Å². The van der Waals surface area contributed by atoms with Crippen LogP contribution in [0.25, 0.3) is 0 Å². The summed E-state index contributed by atoms with van der Waals surface area (Å²) < 4.78 is 5.70. The van der Waals surface area contributed by atoms with Crippen LogP contribution in [0.1, 0.15) is 45.0 Å². The first-order valence-corrected chi connectivity index (χ1v) is 8.04. The first-order chi connectivity index (χ1) is 10.1. The van der Waals surface area contributed by atoms with Crippen LogP contribution in [0.5, 0.6) is 0 Å². The zero-order valence-electron chi connectivity index (χ0n) is 13.9. The Kier molecular flexibility index (Phi) is 5.39. The van der Waals surface area contributed by atoms with E-state index in [-0.39, 0.29) is 6.10 Å². The first-order valence-electron chi connectivity index (χ1n) is 8.04. The van der Waals surface area contributed by atoms with E-state index in [2.05, 4.69) is 49.9 Å². The van der Waals surface area contributed by atoms with Crippen LogP contribution in [-0.2, 0) is 11.2 Å². The normalized spacial score (nSPS) is 21.6. The third-order valence-electron chi connectivity index (χ3n) is 4.19. The number of nitrogens with zero attached hydrogens (tertiary/aromatic N) is 3. The monoisotopic (exact) mass is 292 g/mol. The fraction of sp³-hybridized carbons (Fsp3) is 0.750. The molecule has 118 valence electrons. The smallest absolute Gasteiger partial charge is 0.137 e. The molecule has 1 fully saturated rings. The highest BCUT2D eigenvalue weighted by Crippen LogP contribution is 2.28. The molecule has 0 saturated carbocycles. The Hall–Kier alpha value is -1.36. The average Bonchev–Trinajstić information content (AvgIpc) is 2.91. The van der Waals surface area contributed by atoms with Crippen LogP contribution in [0.15, 0.2) is 0 Å². The highest BCUT2D eigenvalue weighted by Gasteiger charge is 2.30. The van der Waals surface area contributed by atoms with Crippen molar-refractivity contribution in [2.75, 3.05) is 30.4 Å². The van der Waals surface area contributed by atoms with Gasteiger partial charge in [-0.05, 0) is 26.7 Å². The van der Waals surface area contributed by atoms with Crippen molar-refractivity contribution < 1.29 is 4.74 Å². The van der Waals surface area contributed by atoms with Gasteiger partial charge < -0.3 is 15.0 Å². The molecule has 2 rings (SSSR count). The predicted octanol–water partition coefficient (Wildman–Crippen LogP) is 2.78. The quantitative estimate of drug-likeness (QED) is 0.873. The number of aryl methyl sites for hydroxylation is 1. The zero-order valence-corrected chi connectivity index (χ0v) is 13.9. The fourth-order valence-corrected chi connectivity index (χ4v) is 2.85. The van der Waals surface area contributed by atoms with E-state index in [0.29, 0.717) is 6.04 Å². The lowest BCUT2D eigenvalue weighted by atomic mass is 10.1. The lowest BCUT2D eigenvalue weighted by Gasteiger charge is -2.29. The van der Waals surface area contributed by atoms with Crippen LogP contribution >= 0.6 is 0 Å². The van der Waals surface area contributed by atoms with E-state index in [4.69, 9.17) is 9.72 Å². The van der Waals surface area contributed by atoms with Crippen LogP contribution in [-0.4, -0.2) is 42.3 Å². The second-order valence-corrected chi connectivity index (χ2v) is 5.76. The van der Waals surface area contributed by atoms with E-state index < -0.39 is 0 Å². The maximum atomic E-state index is 5.70. The van der Waals surface area contributed by atoms with Gasteiger partial charge in [0.25, 0.3) is 0 Å². The molecule has 0 spiro atoms. The largest absolute Gasteiger partial charge is 0.376 e. The predicted molar refractivity (Wildman–Crippen MR) is 87.1 cm³/mol. The van der Waals surface area contributed by atoms with Crippen LogP contribution < -0.4 is 10.2 Å². The summed E-state index contributed by atoms with van der Waals surface area (Å²) in [5.41, 5.74) is 1.13. The van der Waals surface area contributed by atoms with Crippen molar-refractivity contribution in [1.29, 1.82) is 0 Å². The van der Waals surface area contributed by atoms with Crippen molar-refractivity contribution in [1.82, 2.24) is 9.97 Å². The van der Waals surface area contributed by atoms with Crippen molar-refractivity contribution >= 4 is 11.6 Å². The summed E-state index contributed by atoms with van der Waals surface area (Å²) in [6.07, 6.45) is 3.24. The van der Waals surface area contributed by atoms with Gasteiger partial charge in [-0.3, -0.25) is 0 Å². The molecule has 5 nitrogen and oxygen atoms in total. The lowest BCUT2D eigenvalue weighted by Crippen LogP contribution is -2.38. The van der Waals surface area contributed by atoms with Gasteiger partial charge in [-0.25, -0.2) is 9.97 Å². The molecule has 0 radical (unpaired) electrons. The molecule has 1 aliphatic rings. The molecule has 21 heavy (non-hydrogen) atoms. The molecule has 2 atom stereocenters. The molecule has 1 saturated heterocycles. The van der Waals surface area contributed by atoms with Gasteiger partial charge in [-0.15, -0.1) is 0 Å². The highest BCUT2D eigenvalue weighted by atomic mass is 16.5. The molecule has 0 bridgehead atoms. The van der Waals surface area contributed by atoms with Crippen LogP contribution in [0.3, 0.4) is 0 Å². The summed E-state index contributed by atoms with van der Waals surface area (Å²) in [6, 6.07) is 0.391. The molecule has 2 unspecified atom stereocenters. The molecule has 0 amide bonds. The summed E-state index contributed by atoms with van der Waals surface area (Å²) in [5.74, 6) is 2.90. The Morgan fingerprint density at radius 3 is 2.67 bits per heavy atom. The maximum Gasteiger partial charge on any atom is 0.137 e. The molecule has 0 aliphatic carbocycles. The van der Waals surface area contributed by atoms with E-state index in [1.54, 1.807) is 0 Å². The van der Waals surface area contributed by atoms with E-state index >= 15 is 0 Å². The van der Waals surface area contributed by atoms with E-state index in [0.717, 1.165) is 55.4 Å². The third kappa shape index (κ3) is 3.46. The number of ether oxygens (including phenoxy) is 1. The number of hydrogen-bond donors (Lipinski definition) is 1. The number of hydrogen-bond acceptors (Lipinski definition) is 5. The molecule has 1 N–H and O–H groups in total. The molecule has 1 aromatic heterocycles. The average molecular weight is 292 g/mol. The molecule has 0 aromatic carbocycles. The first kappa shape index (κ1) is 16.0. The molecule has 1 aliphatic heterocycles. The summed E-state index contributed by atoms with van der Waals surface area (Å²) >= 11 is 0. The number of anilines is 2. The van der Waals surface area contributed by atoms with E-state index in [1.165, 1.54) is 0 Å². The summed E-state index contributed by atoms with van der Waals surface area (Å²) in [7, 11) is 2.12. The standard InChI is InChI=1S/C16H28N4O/c1-6-9-17-15-11(3)16(19-14(7-2)18-15)20(5)13-8-10-21-12(13)4/h12-13H,6-10H2,1-5H3,(H,17,18,19). The number of likely N-dealkylation sites (N-methyl/N-ethyl adjacent to an activating group) is 1. The van der Waals surface area contributed by atoms with E-state index in [1.807, 2.05) is 0 Å². The van der Waals surface area contributed by atoms with Crippen molar-refractivity contribution in [2.45, 2.75) is 59.1 Å². The van der Waals surface area contributed by atoms with Crippen molar-refractivity contribution in [3.8, 4) is 0 Å². The van der Waals surface area contributed by atoms with Gasteiger partial charge in [0.15, 0.2) is 0 Å². The second kappa shape index (κ2) is 7.07. The molecular weight excluding hydrogens is 264 g/mol. The Labute approximate surface area is 128 Å². The summed E-state index contributed by atoms with van der Waals surface area (Å²) in [4.78, 5) is 11.7. The van der Waals surface area contributed by atoms with Crippen molar-refractivity contribution in [2.24, 2.45) is 0 Å². The van der Waals surface area contributed by atoms with Crippen molar-refractivity contribution in [3.05, 3.63) is 11.4 Å². The maximum absolute atomic E-state index is 5.70. The fourth-order valence-electron chi connectivity index (χ4n) is 2.85. The SMILES string of the molecule is CCCNc1nc(CC)nc(N(C)C2CCOC2C)c1C. The minimum absolute atomic E-state index is 0.251. The minimum atomic E-state index is 0.251.